The lowest BCUT2D eigenvalue weighted by atomic mass is 10.2. The monoisotopic (exact) mass is 361 g/mol. The number of nitrogens with zero attached hydrogens (tertiary/aromatic N) is 3. The van der Waals surface area contributed by atoms with E-state index in [-0.39, 0.29) is 10.6 Å². The van der Waals surface area contributed by atoms with Crippen molar-refractivity contribution in [2.45, 2.75) is 18.7 Å². The van der Waals surface area contributed by atoms with Crippen molar-refractivity contribution >= 4 is 21.5 Å². The molecule has 2 rings (SSSR count). The van der Waals surface area contributed by atoms with Crippen molar-refractivity contribution in [1.82, 2.24) is 4.90 Å². The third-order valence-electron chi connectivity index (χ3n) is 3.63. The number of nitro groups is 1. The summed E-state index contributed by atoms with van der Waals surface area (Å²) in [7, 11) is -4.09. The van der Waals surface area contributed by atoms with Gasteiger partial charge in [0.15, 0.2) is 0 Å². The maximum absolute atomic E-state index is 12.7. The molecule has 0 unspecified atom stereocenters. The van der Waals surface area contributed by atoms with Gasteiger partial charge in [-0.3, -0.25) is 10.1 Å². The maximum atomic E-state index is 12.7. The summed E-state index contributed by atoms with van der Waals surface area (Å²) in [5.41, 5.74) is 0.376. The zero-order valence-electron chi connectivity index (χ0n) is 14.0. The summed E-state index contributed by atoms with van der Waals surface area (Å²) in [6, 6.07) is 13.9. The summed E-state index contributed by atoms with van der Waals surface area (Å²) in [6.45, 7) is 4.97. The molecule has 8 heteroatoms. The van der Waals surface area contributed by atoms with Gasteiger partial charge in [-0.2, -0.15) is 8.42 Å². The first-order chi connectivity index (χ1) is 11.9. The predicted octanol–water partition coefficient (Wildman–Crippen LogP) is 3.07. The smallest absolute Gasteiger partial charge is 0.284 e. The van der Waals surface area contributed by atoms with Crippen LogP contribution in [-0.2, 0) is 10.0 Å². The van der Waals surface area contributed by atoms with Gasteiger partial charge >= 0.3 is 0 Å². The molecular weight excluding hydrogens is 342 g/mol. The average Bonchev–Trinajstić information content (AvgIpc) is 2.62. The zero-order valence-corrected chi connectivity index (χ0v) is 14.8. The molecule has 2 aromatic rings. The summed E-state index contributed by atoms with van der Waals surface area (Å²) >= 11 is 0. The van der Waals surface area contributed by atoms with Crippen LogP contribution in [0.15, 0.2) is 63.9 Å². The van der Waals surface area contributed by atoms with E-state index in [1.165, 1.54) is 18.2 Å². The Morgan fingerprint density at radius 1 is 1.08 bits per heavy atom. The van der Waals surface area contributed by atoms with Gasteiger partial charge in [0.1, 0.15) is 5.84 Å². The molecule has 7 nitrogen and oxygen atoms in total. The Balaban J connectivity index is 2.58. The van der Waals surface area contributed by atoms with Crippen LogP contribution in [0.4, 0.5) is 5.69 Å². The molecule has 0 N–H and O–H groups in total. The van der Waals surface area contributed by atoms with Crippen molar-refractivity contribution in [3.63, 3.8) is 0 Å². The molecule has 0 amide bonds. The Labute approximate surface area is 146 Å². The number of amidine groups is 1. The molecule has 0 aliphatic carbocycles. The van der Waals surface area contributed by atoms with Gasteiger partial charge < -0.3 is 4.90 Å². The summed E-state index contributed by atoms with van der Waals surface area (Å²) < 4.78 is 29.4. The van der Waals surface area contributed by atoms with Gasteiger partial charge in [-0.05, 0) is 19.9 Å². The van der Waals surface area contributed by atoms with E-state index in [1.54, 1.807) is 24.3 Å². The van der Waals surface area contributed by atoms with Crippen molar-refractivity contribution < 1.29 is 13.3 Å². The van der Waals surface area contributed by atoms with Crippen LogP contribution in [0, 0.1) is 10.1 Å². The van der Waals surface area contributed by atoms with Crippen LogP contribution < -0.4 is 0 Å². The van der Waals surface area contributed by atoms with Crippen LogP contribution in [0.25, 0.3) is 0 Å². The van der Waals surface area contributed by atoms with E-state index in [0.717, 1.165) is 6.07 Å². The molecule has 132 valence electrons. The summed E-state index contributed by atoms with van der Waals surface area (Å²) in [4.78, 5) is 11.9. The largest absolute Gasteiger partial charge is 0.356 e. The topological polar surface area (TPSA) is 92.9 Å². The second-order valence-corrected chi connectivity index (χ2v) is 6.79. The fourth-order valence-corrected chi connectivity index (χ4v) is 3.40. The Kier molecular flexibility index (Phi) is 5.87. The maximum Gasteiger partial charge on any atom is 0.284 e. The van der Waals surface area contributed by atoms with Gasteiger partial charge in [-0.1, -0.05) is 36.4 Å². The van der Waals surface area contributed by atoms with Crippen LogP contribution >= 0.6 is 0 Å². The Hall–Kier alpha value is -2.74. The van der Waals surface area contributed by atoms with Crippen molar-refractivity contribution in [1.29, 1.82) is 0 Å². The van der Waals surface area contributed by atoms with Gasteiger partial charge in [0.05, 0.1) is 9.82 Å². The molecule has 0 atom stereocenters. The molecule has 25 heavy (non-hydrogen) atoms. The minimum atomic E-state index is -4.09. The van der Waals surface area contributed by atoms with Crippen molar-refractivity contribution in [3.05, 3.63) is 70.3 Å². The number of sulfonamides is 1. The minimum absolute atomic E-state index is 0.206. The highest BCUT2D eigenvalue weighted by molar-refractivity contribution is 7.90. The van der Waals surface area contributed by atoms with E-state index in [4.69, 9.17) is 0 Å². The standard InChI is InChI=1S/C17H19N3O4S/c1-3-19(4-2)17(14-9-6-5-7-10-14)18-25(23,24)16-12-8-11-15(13-16)20(21)22/h5-13H,3-4H2,1-2H3. The molecule has 0 saturated carbocycles. The number of non-ortho nitro benzene ring substituents is 1. The summed E-state index contributed by atoms with van der Waals surface area (Å²) in [6.07, 6.45) is 0. The first kappa shape index (κ1) is 18.6. The number of benzene rings is 2. The number of hydrogen-bond acceptors (Lipinski definition) is 4. The fraction of sp³-hybridized carbons (Fsp3) is 0.235. The molecule has 0 aromatic heterocycles. The quantitative estimate of drug-likeness (QED) is 0.341. The molecule has 0 heterocycles. The van der Waals surface area contributed by atoms with Gasteiger partial charge in [0, 0.05) is 30.8 Å². The molecule has 0 saturated heterocycles. The van der Waals surface area contributed by atoms with Crippen LogP contribution in [0.2, 0.25) is 0 Å². The van der Waals surface area contributed by atoms with Gasteiger partial charge in [0.25, 0.3) is 15.7 Å². The van der Waals surface area contributed by atoms with Crippen LogP contribution in [0.3, 0.4) is 0 Å². The van der Waals surface area contributed by atoms with E-state index in [0.29, 0.717) is 24.5 Å². The molecule has 0 fully saturated rings. The lowest BCUT2D eigenvalue weighted by Gasteiger charge is -2.23. The summed E-state index contributed by atoms with van der Waals surface area (Å²) in [5.74, 6) is 0.317. The fourth-order valence-electron chi connectivity index (χ4n) is 2.33. The summed E-state index contributed by atoms with van der Waals surface area (Å²) in [5, 5.41) is 10.9. The van der Waals surface area contributed by atoms with Crippen LogP contribution in [0.5, 0.6) is 0 Å². The molecule has 0 bridgehead atoms. The van der Waals surface area contributed by atoms with Gasteiger partial charge in [0.2, 0.25) is 0 Å². The predicted molar refractivity (Wildman–Crippen MR) is 96.2 cm³/mol. The Morgan fingerprint density at radius 2 is 1.72 bits per heavy atom. The first-order valence-corrected chi connectivity index (χ1v) is 9.22. The van der Waals surface area contributed by atoms with Gasteiger partial charge in [-0.25, -0.2) is 0 Å². The second-order valence-electron chi connectivity index (χ2n) is 5.18. The number of nitro benzene ring substituents is 1. The molecular formula is C17H19N3O4S. The second kappa shape index (κ2) is 7.89. The molecule has 0 aliphatic rings. The third kappa shape index (κ3) is 4.42. The molecule has 2 aromatic carbocycles. The highest BCUT2D eigenvalue weighted by atomic mass is 32.2. The molecule has 0 spiro atoms. The van der Waals surface area contributed by atoms with Crippen molar-refractivity contribution in [2.24, 2.45) is 4.40 Å². The third-order valence-corrected chi connectivity index (χ3v) is 4.89. The minimum Gasteiger partial charge on any atom is -0.356 e. The lowest BCUT2D eigenvalue weighted by Crippen LogP contribution is -2.32. The zero-order chi connectivity index (χ0) is 18.4. The van der Waals surface area contributed by atoms with E-state index in [9.17, 15) is 18.5 Å². The van der Waals surface area contributed by atoms with Gasteiger partial charge in [-0.15, -0.1) is 4.40 Å². The Morgan fingerprint density at radius 3 is 2.28 bits per heavy atom. The van der Waals surface area contributed by atoms with E-state index >= 15 is 0 Å². The Bertz CT molecular complexity index is 876. The lowest BCUT2D eigenvalue weighted by molar-refractivity contribution is -0.385. The van der Waals surface area contributed by atoms with Crippen molar-refractivity contribution in [2.75, 3.05) is 13.1 Å². The van der Waals surface area contributed by atoms with E-state index in [1.807, 2.05) is 24.8 Å². The van der Waals surface area contributed by atoms with E-state index < -0.39 is 14.9 Å². The van der Waals surface area contributed by atoms with Crippen LogP contribution in [0.1, 0.15) is 19.4 Å². The number of hydrogen-bond donors (Lipinski definition) is 0. The first-order valence-electron chi connectivity index (χ1n) is 7.78. The van der Waals surface area contributed by atoms with Crippen LogP contribution in [-0.4, -0.2) is 37.2 Å². The van der Waals surface area contributed by atoms with E-state index in [2.05, 4.69) is 4.40 Å². The van der Waals surface area contributed by atoms with Crippen molar-refractivity contribution in [3.8, 4) is 0 Å². The average molecular weight is 361 g/mol. The molecule has 0 aliphatic heterocycles. The SMILES string of the molecule is CCN(CC)C(=NS(=O)(=O)c1cccc([N+](=O)[O-])c1)c1ccccc1. The highest BCUT2D eigenvalue weighted by Gasteiger charge is 2.20. The molecule has 0 radical (unpaired) electrons. The number of rotatable bonds is 6. The highest BCUT2D eigenvalue weighted by Crippen LogP contribution is 2.20. The normalized spacial score (nSPS) is 12.0.